The molecule has 0 amide bonds. The highest BCUT2D eigenvalue weighted by atomic mass is 16.5. The molecular weight excluding hydrogens is 180 g/mol. The van der Waals surface area contributed by atoms with Crippen molar-refractivity contribution in [3.05, 3.63) is 30.1 Å². The lowest BCUT2D eigenvalue weighted by atomic mass is 10.1. The standard InChI is InChI=1S/C10H14N2O2/c1-2-14-10(13)9(11)7-8-5-3-4-6-12-8/h3-6,9H,2,7,11H2,1H3/t9-/m1/s1. The van der Waals surface area contributed by atoms with Crippen LogP contribution in [-0.4, -0.2) is 23.6 Å². The Labute approximate surface area is 83.1 Å². The minimum Gasteiger partial charge on any atom is -0.465 e. The van der Waals surface area contributed by atoms with Crippen molar-refractivity contribution >= 4 is 5.97 Å². The molecule has 1 aromatic rings. The van der Waals surface area contributed by atoms with Crippen LogP contribution >= 0.6 is 0 Å². The molecule has 0 bridgehead atoms. The first kappa shape index (κ1) is 10.7. The molecule has 1 aromatic heterocycles. The average Bonchev–Trinajstić information content (AvgIpc) is 2.19. The zero-order chi connectivity index (χ0) is 10.4. The van der Waals surface area contributed by atoms with Gasteiger partial charge in [-0.15, -0.1) is 0 Å². The maximum Gasteiger partial charge on any atom is 0.323 e. The minimum absolute atomic E-state index is 0.356. The van der Waals surface area contributed by atoms with Gasteiger partial charge in [-0.25, -0.2) is 0 Å². The predicted molar refractivity (Wildman–Crippen MR) is 52.5 cm³/mol. The van der Waals surface area contributed by atoms with E-state index in [0.29, 0.717) is 13.0 Å². The molecule has 4 nitrogen and oxygen atoms in total. The Hall–Kier alpha value is -1.42. The van der Waals surface area contributed by atoms with Crippen LogP contribution in [0.15, 0.2) is 24.4 Å². The van der Waals surface area contributed by atoms with Gasteiger partial charge in [-0.1, -0.05) is 6.07 Å². The van der Waals surface area contributed by atoms with Crippen molar-refractivity contribution in [1.82, 2.24) is 4.98 Å². The van der Waals surface area contributed by atoms with Crippen molar-refractivity contribution in [1.29, 1.82) is 0 Å². The maximum absolute atomic E-state index is 11.2. The van der Waals surface area contributed by atoms with Gasteiger partial charge in [-0.3, -0.25) is 9.78 Å². The third-order valence-corrected chi connectivity index (χ3v) is 1.74. The van der Waals surface area contributed by atoms with Gasteiger partial charge in [-0.05, 0) is 19.1 Å². The molecule has 1 rings (SSSR count). The van der Waals surface area contributed by atoms with Crippen molar-refractivity contribution in [2.45, 2.75) is 19.4 Å². The van der Waals surface area contributed by atoms with Gasteiger partial charge in [0.15, 0.2) is 0 Å². The fourth-order valence-corrected chi connectivity index (χ4v) is 1.08. The number of esters is 1. The highest BCUT2D eigenvalue weighted by Gasteiger charge is 2.15. The van der Waals surface area contributed by atoms with Crippen molar-refractivity contribution in [3.63, 3.8) is 0 Å². The van der Waals surface area contributed by atoms with Gasteiger partial charge in [0.1, 0.15) is 6.04 Å². The second-order valence-electron chi connectivity index (χ2n) is 2.88. The third kappa shape index (κ3) is 3.14. The van der Waals surface area contributed by atoms with Gasteiger partial charge in [0.2, 0.25) is 0 Å². The van der Waals surface area contributed by atoms with E-state index in [9.17, 15) is 4.79 Å². The molecule has 1 heterocycles. The number of ether oxygens (including phenoxy) is 1. The molecule has 0 aromatic carbocycles. The molecule has 0 saturated heterocycles. The second-order valence-corrected chi connectivity index (χ2v) is 2.88. The Bertz CT molecular complexity index is 287. The predicted octanol–water partition coefficient (Wildman–Crippen LogP) is 0.514. The van der Waals surface area contributed by atoms with Gasteiger partial charge in [0, 0.05) is 18.3 Å². The summed E-state index contributed by atoms with van der Waals surface area (Å²) in [6.07, 6.45) is 2.09. The van der Waals surface area contributed by atoms with E-state index in [1.54, 1.807) is 13.1 Å². The Kier molecular flexibility index (Phi) is 4.07. The Morgan fingerprint density at radius 2 is 2.43 bits per heavy atom. The van der Waals surface area contributed by atoms with Crippen LogP contribution in [0.5, 0.6) is 0 Å². The largest absolute Gasteiger partial charge is 0.465 e. The summed E-state index contributed by atoms with van der Waals surface area (Å²) in [4.78, 5) is 15.2. The Morgan fingerprint density at radius 1 is 1.64 bits per heavy atom. The second kappa shape index (κ2) is 5.34. The SMILES string of the molecule is CCOC(=O)[C@H](N)Cc1ccccn1. The van der Waals surface area contributed by atoms with Crippen LogP contribution in [0.2, 0.25) is 0 Å². The van der Waals surface area contributed by atoms with Crippen LogP contribution in [0.4, 0.5) is 0 Å². The lowest BCUT2D eigenvalue weighted by molar-refractivity contribution is -0.144. The number of nitrogens with two attached hydrogens (primary N) is 1. The number of hydrogen-bond acceptors (Lipinski definition) is 4. The van der Waals surface area contributed by atoms with Crippen molar-refractivity contribution in [2.24, 2.45) is 5.73 Å². The third-order valence-electron chi connectivity index (χ3n) is 1.74. The summed E-state index contributed by atoms with van der Waals surface area (Å²) in [5.74, 6) is -0.377. The summed E-state index contributed by atoms with van der Waals surface area (Å²) in [7, 11) is 0. The van der Waals surface area contributed by atoms with Gasteiger partial charge in [0.25, 0.3) is 0 Å². The van der Waals surface area contributed by atoms with E-state index in [0.717, 1.165) is 5.69 Å². The van der Waals surface area contributed by atoms with Gasteiger partial charge in [0.05, 0.1) is 6.61 Å². The number of hydrogen-bond donors (Lipinski definition) is 1. The minimum atomic E-state index is -0.621. The molecule has 2 N–H and O–H groups in total. The normalized spacial score (nSPS) is 12.1. The van der Waals surface area contributed by atoms with Crippen LogP contribution in [0.25, 0.3) is 0 Å². The lowest BCUT2D eigenvalue weighted by Gasteiger charge is -2.09. The number of carbonyl (C=O) groups excluding carboxylic acids is 1. The summed E-state index contributed by atoms with van der Waals surface area (Å²) in [6, 6.07) is 4.89. The van der Waals surface area contributed by atoms with E-state index in [1.165, 1.54) is 0 Å². The van der Waals surface area contributed by atoms with Crippen LogP contribution in [0.1, 0.15) is 12.6 Å². The van der Waals surface area contributed by atoms with Crippen molar-refractivity contribution in [3.8, 4) is 0 Å². The summed E-state index contributed by atoms with van der Waals surface area (Å²) in [5.41, 5.74) is 6.42. The summed E-state index contributed by atoms with van der Waals surface area (Å²) in [6.45, 7) is 2.11. The van der Waals surface area contributed by atoms with E-state index < -0.39 is 6.04 Å². The molecule has 0 spiro atoms. The molecule has 4 heteroatoms. The summed E-state index contributed by atoms with van der Waals surface area (Å²) < 4.78 is 4.78. The van der Waals surface area contributed by atoms with Crippen LogP contribution in [0, 0.1) is 0 Å². The van der Waals surface area contributed by atoms with E-state index in [2.05, 4.69) is 4.98 Å². The van der Waals surface area contributed by atoms with E-state index in [1.807, 2.05) is 18.2 Å². The number of carbonyl (C=O) groups is 1. The molecule has 1 atom stereocenters. The first-order valence-electron chi connectivity index (χ1n) is 4.56. The van der Waals surface area contributed by atoms with Crippen LogP contribution in [-0.2, 0) is 16.0 Å². The first-order chi connectivity index (χ1) is 6.74. The average molecular weight is 194 g/mol. The van der Waals surface area contributed by atoms with E-state index >= 15 is 0 Å². The van der Waals surface area contributed by atoms with Crippen LogP contribution in [0.3, 0.4) is 0 Å². The maximum atomic E-state index is 11.2. The molecule has 0 unspecified atom stereocenters. The Morgan fingerprint density at radius 3 is 3.00 bits per heavy atom. The van der Waals surface area contributed by atoms with Gasteiger partial charge < -0.3 is 10.5 Å². The lowest BCUT2D eigenvalue weighted by Crippen LogP contribution is -2.34. The van der Waals surface area contributed by atoms with Crippen molar-refractivity contribution in [2.75, 3.05) is 6.61 Å². The zero-order valence-electron chi connectivity index (χ0n) is 8.14. The molecule has 0 saturated carbocycles. The zero-order valence-corrected chi connectivity index (χ0v) is 8.14. The molecule has 0 aliphatic heterocycles. The van der Waals surface area contributed by atoms with Crippen molar-refractivity contribution < 1.29 is 9.53 Å². The molecule has 0 radical (unpaired) electrons. The number of pyridine rings is 1. The van der Waals surface area contributed by atoms with E-state index in [4.69, 9.17) is 10.5 Å². The molecule has 14 heavy (non-hydrogen) atoms. The number of aromatic nitrogens is 1. The Balaban J connectivity index is 2.49. The van der Waals surface area contributed by atoms with E-state index in [-0.39, 0.29) is 5.97 Å². The number of nitrogens with zero attached hydrogens (tertiary/aromatic N) is 1. The summed E-state index contributed by atoms with van der Waals surface area (Å²) >= 11 is 0. The monoisotopic (exact) mass is 194 g/mol. The molecule has 76 valence electrons. The molecule has 0 aliphatic carbocycles. The smallest absolute Gasteiger partial charge is 0.323 e. The van der Waals surface area contributed by atoms with Gasteiger partial charge in [-0.2, -0.15) is 0 Å². The topological polar surface area (TPSA) is 65.2 Å². The molecule has 0 fully saturated rings. The molecular formula is C10H14N2O2. The quantitative estimate of drug-likeness (QED) is 0.709. The summed E-state index contributed by atoms with van der Waals surface area (Å²) in [5, 5.41) is 0. The van der Waals surface area contributed by atoms with Gasteiger partial charge >= 0.3 is 5.97 Å². The number of rotatable bonds is 4. The first-order valence-corrected chi connectivity index (χ1v) is 4.56. The highest BCUT2D eigenvalue weighted by molar-refractivity contribution is 5.75. The fraction of sp³-hybridized carbons (Fsp3) is 0.400. The van der Waals surface area contributed by atoms with Crippen LogP contribution < -0.4 is 5.73 Å². The molecule has 0 aliphatic rings. The highest BCUT2D eigenvalue weighted by Crippen LogP contribution is 1.99. The fourth-order valence-electron chi connectivity index (χ4n) is 1.08.